The van der Waals surface area contributed by atoms with Crippen molar-refractivity contribution in [3.8, 4) is 11.5 Å². The quantitative estimate of drug-likeness (QED) is 0.431. The maximum Gasteiger partial charge on any atom is 0.303 e. The van der Waals surface area contributed by atoms with Crippen LogP contribution >= 0.6 is 0 Å². The molecule has 0 bridgehead atoms. The lowest BCUT2D eigenvalue weighted by molar-refractivity contribution is -0.137. The normalized spacial score (nSPS) is 31.8. The van der Waals surface area contributed by atoms with Gasteiger partial charge in [-0.2, -0.15) is 0 Å². The molecule has 6 nitrogen and oxygen atoms in total. The number of hydrogen-bond donors (Lipinski definition) is 3. The number of rotatable bonds is 8. The molecule has 31 heavy (non-hydrogen) atoms. The van der Waals surface area contributed by atoms with Crippen molar-refractivity contribution < 1.29 is 29.6 Å². The molecule has 0 spiro atoms. The average molecular weight is 429 g/mol. The van der Waals surface area contributed by atoms with Crippen LogP contribution in [0.5, 0.6) is 11.5 Å². The van der Waals surface area contributed by atoms with Crippen LogP contribution in [0.2, 0.25) is 0 Å². The lowest BCUT2D eigenvalue weighted by Crippen LogP contribution is -2.32. The van der Waals surface area contributed by atoms with Crippen molar-refractivity contribution in [3.63, 3.8) is 0 Å². The summed E-state index contributed by atoms with van der Waals surface area (Å²) in [5.41, 5.74) is 1.39. The summed E-state index contributed by atoms with van der Waals surface area (Å²) >= 11 is 0. The van der Waals surface area contributed by atoms with Crippen LogP contribution in [0.3, 0.4) is 0 Å². The summed E-state index contributed by atoms with van der Waals surface area (Å²) in [5, 5.41) is 29.8. The van der Waals surface area contributed by atoms with Crippen molar-refractivity contribution in [2.75, 3.05) is 6.61 Å². The number of fused-ring (bicyclic) bond motifs is 2. The fourth-order valence-electron chi connectivity index (χ4n) is 5.28. The van der Waals surface area contributed by atoms with Crippen LogP contribution in [0.1, 0.15) is 44.9 Å². The number of ether oxygens (including phenoxy) is 2. The van der Waals surface area contributed by atoms with Crippen LogP contribution in [0.4, 0.5) is 0 Å². The van der Waals surface area contributed by atoms with Crippen LogP contribution in [-0.4, -0.2) is 46.2 Å². The highest BCUT2D eigenvalue weighted by Crippen LogP contribution is 2.50. The molecule has 2 aliphatic carbocycles. The summed E-state index contributed by atoms with van der Waals surface area (Å²) < 4.78 is 11.6. The number of unbranched alkanes of at least 4 members (excludes halogenated alkanes) is 1. The molecule has 1 aliphatic heterocycles. The highest BCUT2D eigenvalue weighted by atomic mass is 16.6. The maximum absolute atomic E-state index is 10.7. The van der Waals surface area contributed by atoms with Gasteiger partial charge in [0, 0.05) is 18.8 Å². The zero-order valence-electron chi connectivity index (χ0n) is 17.7. The Kier molecular flexibility index (Phi) is 6.98. The second kappa shape index (κ2) is 9.88. The van der Waals surface area contributed by atoms with Gasteiger partial charge in [-0.05, 0) is 56.1 Å². The Balaban J connectivity index is 1.28. The van der Waals surface area contributed by atoms with Gasteiger partial charge in [0.05, 0.1) is 12.2 Å². The highest BCUT2D eigenvalue weighted by molar-refractivity contribution is 5.66. The van der Waals surface area contributed by atoms with E-state index in [1.807, 2.05) is 30.3 Å². The third-order valence-corrected chi connectivity index (χ3v) is 6.77. The minimum absolute atomic E-state index is 0.0498. The number of aliphatic hydroxyl groups excluding tert-OH is 2. The molecule has 2 fully saturated rings. The summed E-state index contributed by atoms with van der Waals surface area (Å²) in [4.78, 5) is 10.7. The SMILES string of the molecule is O=C(O)CCC/C=C1\CC2C[C@@H](O)[C@H](/C=C/[C@@H](O)CC3COc4ccccc4O3)C2C1. The van der Waals surface area contributed by atoms with Crippen LogP contribution in [0.15, 0.2) is 48.1 Å². The first-order valence-corrected chi connectivity index (χ1v) is 11.3. The van der Waals surface area contributed by atoms with E-state index in [0.717, 1.165) is 31.4 Å². The van der Waals surface area contributed by atoms with Crippen LogP contribution < -0.4 is 9.47 Å². The molecule has 0 radical (unpaired) electrons. The molecular weight excluding hydrogens is 396 g/mol. The summed E-state index contributed by atoms with van der Waals surface area (Å²) in [7, 11) is 0. The molecule has 6 heteroatoms. The van der Waals surface area contributed by atoms with Crippen molar-refractivity contribution in [3.05, 3.63) is 48.1 Å². The minimum atomic E-state index is -0.747. The predicted molar refractivity (Wildman–Crippen MR) is 116 cm³/mol. The molecule has 0 aromatic heterocycles. The monoisotopic (exact) mass is 428 g/mol. The maximum atomic E-state index is 10.7. The Bertz CT molecular complexity index is 831. The number of hydrogen-bond acceptors (Lipinski definition) is 5. The van der Waals surface area contributed by atoms with Gasteiger partial charge in [0.1, 0.15) is 12.7 Å². The molecule has 3 N–H and O–H groups in total. The van der Waals surface area contributed by atoms with Gasteiger partial charge >= 0.3 is 5.97 Å². The molecule has 1 aromatic carbocycles. The Hall–Kier alpha value is -2.31. The van der Waals surface area contributed by atoms with Gasteiger partial charge in [-0.25, -0.2) is 0 Å². The molecular formula is C25H32O6. The molecule has 168 valence electrons. The zero-order chi connectivity index (χ0) is 21.8. The third kappa shape index (κ3) is 5.49. The van der Waals surface area contributed by atoms with E-state index in [1.165, 1.54) is 5.57 Å². The first-order valence-electron chi connectivity index (χ1n) is 11.3. The standard InChI is InChI=1S/C25H32O6/c26-18(14-19-15-30-23-6-2-3-7-24(23)31-19)9-10-20-21-12-16(5-1-4-8-25(28)29)11-17(21)13-22(20)27/h2-3,5-7,9-10,17-22,26-27H,1,4,8,11-15H2,(H,28,29)/b10-9+,16-5+/t17?,18-,19?,20-,21?,22-/m1/s1. The Morgan fingerprint density at radius 3 is 2.84 bits per heavy atom. The van der Waals surface area contributed by atoms with Gasteiger partial charge in [0.25, 0.3) is 0 Å². The largest absolute Gasteiger partial charge is 0.486 e. The van der Waals surface area contributed by atoms with E-state index in [2.05, 4.69) is 6.08 Å². The van der Waals surface area contributed by atoms with E-state index in [1.54, 1.807) is 6.08 Å². The first-order chi connectivity index (χ1) is 15.0. The Morgan fingerprint density at radius 2 is 2.03 bits per heavy atom. The van der Waals surface area contributed by atoms with Gasteiger partial charge < -0.3 is 24.8 Å². The number of carboxylic acid groups (broad SMARTS) is 1. The molecule has 4 rings (SSSR count). The molecule has 1 heterocycles. The topological polar surface area (TPSA) is 96.2 Å². The number of aliphatic carboxylic acids is 1. The van der Waals surface area contributed by atoms with Gasteiger partial charge in [-0.3, -0.25) is 4.79 Å². The number of allylic oxidation sites excluding steroid dienone is 2. The fraction of sp³-hybridized carbons (Fsp3) is 0.560. The van der Waals surface area contributed by atoms with Gasteiger partial charge in [0.15, 0.2) is 11.5 Å². The lowest BCUT2D eigenvalue weighted by atomic mass is 9.90. The number of benzene rings is 1. The molecule has 2 saturated carbocycles. The molecule has 0 amide bonds. The van der Waals surface area contributed by atoms with Gasteiger partial charge in [0.2, 0.25) is 0 Å². The summed E-state index contributed by atoms with van der Waals surface area (Å²) in [6.45, 7) is 0.411. The van der Waals surface area contributed by atoms with E-state index >= 15 is 0 Å². The molecule has 6 atom stereocenters. The Labute approximate surface area is 183 Å². The van der Waals surface area contributed by atoms with E-state index in [0.29, 0.717) is 37.0 Å². The summed E-state index contributed by atoms with van der Waals surface area (Å²) in [6, 6.07) is 7.54. The van der Waals surface area contributed by atoms with Gasteiger partial charge in [-0.1, -0.05) is 35.9 Å². The lowest BCUT2D eigenvalue weighted by Gasteiger charge is -2.27. The number of para-hydroxylation sites is 2. The molecule has 1 aromatic rings. The molecule has 3 unspecified atom stereocenters. The van der Waals surface area contributed by atoms with Crippen molar-refractivity contribution >= 4 is 5.97 Å². The smallest absolute Gasteiger partial charge is 0.303 e. The zero-order valence-corrected chi connectivity index (χ0v) is 17.7. The second-order valence-electron chi connectivity index (χ2n) is 9.05. The van der Waals surface area contributed by atoms with Crippen molar-refractivity contribution in [2.24, 2.45) is 17.8 Å². The van der Waals surface area contributed by atoms with E-state index < -0.39 is 12.1 Å². The third-order valence-electron chi connectivity index (χ3n) is 6.77. The fourth-order valence-corrected chi connectivity index (χ4v) is 5.28. The second-order valence-corrected chi connectivity index (χ2v) is 9.05. The van der Waals surface area contributed by atoms with Gasteiger partial charge in [-0.15, -0.1) is 0 Å². The predicted octanol–water partition coefficient (Wildman–Crippen LogP) is 3.72. The van der Waals surface area contributed by atoms with Crippen LogP contribution in [0, 0.1) is 17.8 Å². The number of carboxylic acids is 1. The van der Waals surface area contributed by atoms with Crippen LogP contribution in [0.25, 0.3) is 0 Å². The van der Waals surface area contributed by atoms with Crippen molar-refractivity contribution in [2.45, 2.75) is 63.3 Å². The molecule has 0 saturated heterocycles. The van der Waals surface area contributed by atoms with Crippen LogP contribution in [-0.2, 0) is 4.79 Å². The summed E-state index contributed by atoms with van der Waals surface area (Å²) in [6.07, 6.45) is 9.62. The van der Waals surface area contributed by atoms with E-state index in [9.17, 15) is 15.0 Å². The minimum Gasteiger partial charge on any atom is -0.486 e. The van der Waals surface area contributed by atoms with E-state index in [4.69, 9.17) is 14.6 Å². The summed E-state index contributed by atoms with van der Waals surface area (Å²) in [5.74, 6) is 1.61. The highest BCUT2D eigenvalue weighted by Gasteiger charge is 2.45. The van der Waals surface area contributed by atoms with E-state index in [-0.39, 0.29) is 24.5 Å². The number of aliphatic hydroxyl groups is 2. The number of carbonyl (C=O) groups is 1. The first kappa shape index (κ1) is 21.9. The average Bonchev–Trinajstić information content (AvgIpc) is 3.25. The van der Waals surface area contributed by atoms with Crippen molar-refractivity contribution in [1.82, 2.24) is 0 Å². The van der Waals surface area contributed by atoms with Crippen molar-refractivity contribution in [1.29, 1.82) is 0 Å². The Morgan fingerprint density at radius 1 is 1.23 bits per heavy atom. The molecule has 3 aliphatic rings.